The van der Waals surface area contributed by atoms with E-state index in [9.17, 15) is 9.59 Å². The van der Waals surface area contributed by atoms with E-state index < -0.39 is 6.03 Å². The molecule has 1 aromatic heterocycles. The summed E-state index contributed by atoms with van der Waals surface area (Å²) in [6.07, 6.45) is 2.60. The molecule has 1 aliphatic rings. The van der Waals surface area contributed by atoms with Gasteiger partial charge in [-0.25, -0.2) is 9.69 Å². The molecule has 0 radical (unpaired) electrons. The highest BCUT2D eigenvalue weighted by Crippen LogP contribution is 2.23. The molecule has 9 nitrogen and oxygen atoms in total. The predicted molar refractivity (Wildman–Crippen MR) is 106 cm³/mol. The van der Waals surface area contributed by atoms with Crippen LogP contribution < -0.4 is 10.5 Å². The molecule has 0 spiro atoms. The van der Waals surface area contributed by atoms with Gasteiger partial charge in [-0.15, -0.1) is 0 Å². The van der Waals surface area contributed by atoms with Gasteiger partial charge < -0.3 is 19.9 Å². The number of hydrogen-bond donors (Lipinski definition) is 1. The largest absolute Gasteiger partial charge is 0.496 e. The fourth-order valence-electron chi connectivity index (χ4n) is 3.10. The molecule has 1 saturated heterocycles. The standard InChI is InChI=1S/C20H23N5O4/c1-13-17(14(2)29-23-13)10-22-9-16(8-21)25-19(26)12-24(20(25)27)11-15-6-4-5-7-18(15)28-3/h4-9H,10-12,21H2,1-3H3. The lowest BCUT2D eigenvalue weighted by Gasteiger charge is -2.18. The van der Waals surface area contributed by atoms with Gasteiger partial charge in [0, 0.05) is 23.5 Å². The SMILES string of the molecule is COc1ccccc1CN1CC(=O)N(C(C=NCc2c(C)noc2C)=CN)C1=O. The zero-order valence-electron chi connectivity index (χ0n) is 16.6. The molecule has 3 rings (SSSR count). The summed E-state index contributed by atoms with van der Waals surface area (Å²) in [4.78, 5) is 32.1. The van der Waals surface area contributed by atoms with Gasteiger partial charge in [-0.05, 0) is 19.9 Å². The van der Waals surface area contributed by atoms with E-state index in [1.165, 1.54) is 17.3 Å². The van der Waals surface area contributed by atoms with Crippen molar-refractivity contribution in [1.29, 1.82) is 0 Å². The second-order valence-corrected chi connectivity index (χ2v) is 6.54. The van der Waals surface area contributed by atoms with Gasteiger partial charge in [0.25, 0.3) is 5.91 Å². The Morgan fingerprint density at radius 1 is 1.34 bits per heavy atom. The first-order chi connectivity index (χ1) is 14.0. The molecule has 1 aromatic carbocycles. The van der Waals surface area contributed by atoms with Crippen molar-refractivity contribution in [1.82, 2.24) is 15.0 Å². The Labute approximate surface area is 168 Å². The summed E-state index contributed by atoms with van der Waals surface area (Å²) in [5.74, 6) is 0.960. The Kier molecular flexibility index (Phi) is 5.96. The summed E-state index contributed by atoms with van der Waals surface area (Å²) in [5.41, 5.74) is 8.30. The smallest absolute Gasteiger partial charge is 0.332 e. The van der Waals surface area contributed by atoms with E-state index >= 15 is 0 Å². The van der Waals surface area contributed by atoms with E-state index in [0.29, 0.717) is 18.1 Å². The number of methoxy groups -OCH3 is 1. The third-order valence-electron chi connectivity index (χ3n) is 4.67. The number of ether oxygens (including phenoxy) is 1. The molecular weight excluding hydrogens is 374 g/mol. The Morgan fingerprint density at radius 3 is 2.76 bits per heavy atom. The molecule has 2 heterocycles. The molecule has 152 valence electrons. The molecule has 0 unspecified atom stereocenters. The molecule has 0 saturated carbocycles. The first kappa shape index (κ1) is 20.1. The molecular formula is C20H23N5O4. The number of nitrogens with two attached hydrogens (primary N) is 1. The lowest BCUT2D eigenvalue weighted by Crippen LogP contribution is -2.33. The molecule has 1 aliphatic heterocycles. The number of allylic oxidation sites excluding steroid dienone is 1. The fourth-order valence-corrected chi connectivity index (χ4v) is 3.10. The van der Waals surface area contributed by atoms with Crippen LogP contribution in [0.1, 0.15) is 22.6 Å². The van der Waals surface area contributed by atoms with Crippen LogP contribution in [0.3, 0.4) is 0 Å². The van der Waals surface area contributed by atoms with Crippen molar-refractivity contribution in [3.05, 3.63) is 58.7 Å². The van der Waals surface area contributed by atoms with Crippen molar-refractivity contribution in [2.24, 2.45) is 10.7 Å². The summed E-state index contributed by atoms with van der Waals surface area (Å²) in [7, 11) is 1.56. The molecule has 1 fully saturated rings. The molecule has 0 atom stereocenters. The lowest BCUT2D eigenvalue weighted by molar-refractivity contribution is -0.123. The van der Waals surface area contributed by atoms with E-state index in [4.69, 9.17) is 15.0 Å². The second kappa shape index (κ2) is 8.59. The van der Waals surface area contributed by atoms with Crippen LogP contribution in [0, 0.1) is 13.8 Å². The Morgan fingerprint density at radius 2 is 2.10 bits per heavy atom. The van der Waals surface area contributed by atoms with Crippen molar-refractivity contribution in [2.45, 2.75) is 26.9 Å². The van der Waals surface area contributed by atoms with Gasteiger partial charge in [0.1, 0.15) is 18.1 Å². The maximum Gasteiger partial charge on any atom is 0.332 e. The first-order valence-corrected chi connectivity index (χ1v) is 9.03. The number of amides is 3. The number of aliphatic imine (C=N–C) groups is 1. The van der Waals surface area contributed by atoms with Crippen LogP contribution in [-0.2, 0) is 17.9 Å². The van der Waals surface area contributed by atoms with Crippen LogP contribution in [0.5, 0.6) is 5.75 Å². The number of para-hydroxylation sites is 1. The number of hydrogen-bond acceptors (Lipinski definition) is 7. The van der Waals surface area contributed by atoms with Gasteiger partial charge in [-0.2, -0.15) is 0 Å². The maximum absolute atomic E-state index is 12.8. The van der Waals surface area contributed by atoms with E-state index in [2.05, 4.69) is 10.1 Å². The minimum absolute atomic E-state index is 0.0497. The summed E-state index contributed by atoms with van der Waals surface area (Å²) in [6, 6.07) is 6.90. The van der Waals surface area contributed by atoms with E-state index in [0.717, 1.165) is 21.7 Å². The highest BCUT2D eigenvalue weighted by molar-refractivity contribution is 6.07. The highest BCUT2D eigenvalue weighted by Gasteiger charge is 2.38. The Bertz CT molecular complexity index is 960. The monoisotopic (exact) mass is 397 g/mol. The van der Waals surface area contributed by atoms with Crippen molar-refractivity contribution in [3.63, 3.8) is 0 Å². The zero-order valence-corrected chi connectivity index (χ0v) is 16.6. The minimum atomic E-state index is -0.457. The number of aromatic nitrogens is 1. The average molecular weight is 397 g/mol. The molecule has 0 bridgehead atoms. The van der Waals surface area contributed by atoms with E-state index in [1.54, 1.807) is 14.0 Å². The first-order valence-electron chi connectivity index (χ1n) is 9.03. The molecule has 9 heteroatoms. The number of carbonyl (C=O) groups excluding carboxylic acids is 2. The molecule has 0 aliphatic carbocycles. The number of carbonyl (C=O) groups is 2. The van der Waals surface area contributed by atoms with Gasteiger partial charge in [0.2, 0.25) is 0 Å². The van der Waals surface area contributed by atoms with Crippen LogP contribution >= 0.6 is 0 Å². The summed E-state index contributed by atoms with van der Waals surface area (Å²) < 4.78 is 10.4. The quantitative estimate of drug-likeness (QED) is 0.565. The van der Waals surface area contributed by atoms with Crippen molar-refractivity contribution in [2.75, 3.05) is 13.7 Å². The van der Waals surface area contributed by atoms with Crippen LogP contribution in [-0.4, -0.2) is 46.8 Å². The molecule has 2 N–H and O–H groups in total. The van der Waals surface area contributed by atoms with E-state index in [-0.39, 0.29) is 24.7 Å². The van der Waals surface area contributed by atoms with Crippen LogP contribution in [0.25, 0.3) is 0 Å². The Balaban J connectivity index is 1.73. The molecule has 29 heavy (non-hydrogen) atoms. The minimum Gasteiger partial charge on any atom is -0.496 e. The number of benzene rings is 1. The zero-order chi connectivity index (χ0) is 21.0. The molecule has 2 aromatic rings. The second-order valence-electron chi connectivity index (χ2n) is 6.54. The highest BCUT2D eigenvalue weighted by atomic mass is 16.5. The third kappa shape index (κ3) is 4.13. The lowest BCUT2D eigenvalue weighted by atomic mass is 10.2. The van der Waals surface area contributed by atoms with E-state index in [1.807, 2.05) is 31.2 Å². The van der Waals surface area contributed by atoms with Crippen LogP contribution in [0.15, 0.2) is 45.7 Å². The van der Waals surface area contributed by atoms with Gasteiger partial charge in [-0.3, -0.25) is 9.79 Å². The third-order valence-corrected chi connectivity index (χ3v) is 4.67. The molecule has 3 amide bonds. The van der Waals surface area contributed by atoms with Crippen LogP contribution in [0.4, 0.5) is 4.79 Å². The normalized spacial score (nSPS) is 15.1. The van der Waals surface area contributed by atoms with Crippen molar-refractivity contribution < 1.29 is 18.8 Å². The number of aryl methyl sites for hydroxylation is 2. The Hall–Kier alpha value is -3.62. The maximum atomic E-state index is 12.8. The van der Waals surface area contributed by atoms with Gasteiger partial charge >= 0.3 is 6.03 Å². The number of nitrogens with zero attached hydrogens (tertiary/aromatic N) is 4. The van der Waals surface area contributed by atoms with Gasteiger partial charge in [0.05, 0.1) is 31.6 Å². The number of urea groups is 1. The number of rotatable bonds is 7. The summed E-state index contributed by atoms with van der Waals surface area (Å²) >= 11 is 0. The van der Waals surface area contributed by atoms with Gasteiger partial charge in [0.15, 0.2) is 0 Å². The summed E-state index contributed by atoms with van der Waals surface area (Å²) in [6.45, 7) is 4.13. The van der Waals surface area contributed by atoms with Gasteiger partial charge in [-0.1, -0.05) is 23.4 Å². The predicted octanol–water partition coefficient (Wildman–Crippen LogP) is 2.14. The average Bonchev–Trinajstić information content (AvgIpc) is 3.18. The van der Waals surface area contributed by atoms with Crippen LogP contribution in [0.2, 0.25) is 0 Å². The topological polar surface area (TPSA) is 114 Å². The van der Waals surface area contributed by atoms with Crippen molar-refractivity contribution in [3.8, 4) is 5.75 Å². The summed E-state index contributed by atoms with van der Waals surface area (Å²) in [5, 5.41) is 3.88. The van der Waals surface area contributed by atoms with Crippen molar-refractivity contribution >= 4 is 18.2 Å². The number of imide groups is 1. The fraction of sp³-hybridized carbons (Fsp3) is 0.300.